The van der Waals surface area contributed by atoms with Gasteiger partial charge in [-0.15, -0.1) is 0 Å². The second kappa shape index (κ2) is 6.32. The Kier molecular flexibility index (Phi) is 3.86. The highest BCUT2D eigenvalue weighted by atomic mass is 19.1. The average molecular weight is 329 g/mol. The second-order valence-electron chi connectivity index (χ2n) is 5.79. The molecule has 122 valence electrons. The third kappa shape index (κ3) is 2.94. The van der Waals surface area contributed by atoms with Crippen molar-refractivity contribution >= 4 is 22.4 Å². The minimum atomic E-state index is -0.272. The molecule has 3 nitrogen and oxygen atoms in total. The highest BCUT2D eigenvalue weighted by Crippen LogP contribution is 2.31. The van der Waals surface area contributed by atoms with Gasteiger partial charge < -0.3 is 4.90 Å². The molecule has 4 rings (SSSR count). The van der Waals surface area contributed by atoms with Crippen LogP contribution in [0.15, 0.2) is 78.9 Å². The quantitative estimate of drug-likeness (QED) is 0.517. The van der Waals surface area contributed by atoms with Gasteiger partial charge in [0.25, 0.3) is 0 Å². The molecule has 3 aromatic carbocycles. The summed E-state index contributed by atoms with van der Waals surface area (Å²) >= 11 is 0. The van der Waals surface area contributed by atoms with Crippen molar-refractivity contribution in [2.24, 2.45) is 0 Å². The molecule has 0 atom stereocenters. The van der Waals surface area contributed by atoms with E-state index < -0.39 is 0 Å². The van der Waals surface area contributed by atoms with Gasteiger partial charge in [0, 0.05) is 23.7 Å². The Bertz CT molecular complexity index is 1030. The molecule has 4 heteroatoms. The molecule has 0 saturated carbocycles. The first kappa shape index (κ1) is 15.3. The summed E-state index contributed by atoms with van der Waals surface area (Å²) in [6.45, 7) is 0. The molecule has 1 heterocycles. The maximum Gasteiger partial charge on any atom is 0.162 e. The van der Waals surface area contributed by atoms with Gasteiger partial charge >= 0.3 is 0 Å². The monoisotopic (exact) mass is 329 g/mol. The van der Waals surface area contributed by atoms with Gasteiger partial charge in [-0.3, -0.25) is 0 Å². The van der Waals surface area contributed by atoms with Crippen molar-refractivity contribution in [3.63, 3.8) is 0 Å². The normalized spacial score (nSPS) is 10.8. The maximum absolute atomic E-state index is 13.6. The lowest BCUT2D eigenvalue weighted by atomic mass is 10.1. The maximum atomic E-state index is 13.6. The summed E-state index contributed by atoms with van der Waals surface area (Å²) in [6, 6.07) is 24.2. The molecule has 0 bridgehead atoms. The molecule has 1 aromatic heterocycles. The van der Waals surface area contributed by atoms with Crippen LogP contribution in [0, 0.1) is 5.82 Å². The summed E-state index contributed by atoms with van der Waals surface area (Å²) in [5.41, 5.74) is 2.54. The van der Waals surface area contributed by atoms with Crippen LogP contribution >= 0.6 is 0 Å². The summed E-state index contributed by atoms with van der Waals surface area (Å²) in [7, 11) is 1.89. The zero-order valence-corrected chi connectivity index (χ0v) is 13.7. The fraction of sp³-hybridized carbons (Fsp3) is 0.0476. The van der Waals surface area contributed by atoms with E-state index in [0.29, 0.717) is 5.82 Å². The number of para-hydroxylation sites is 1. The Labute approximate surface area is 145 Å². The van der Waals surface area contributed by atoms with Crippen LogP contribution in [0.25, 0.3) is 22.3 Å². The van der Waals surface area contributed by atoms with Crippen LogP contribution in [0.5, 0.6) is 0 Å². The van der Waals surface area contributed by atoms with E-state index in [1.165, 1.54) is 12.1 Å². The highest BCUT2D eigenvalue weighted by Gasteiger charge is 2.14. The summed E-state index contributed by atoms with van der Waals surface area (Å²) in [5, 5.41) is 0.925. The molecule has 0 amide bonds. The van der Waals surface area contributed by atoms with E-state index in [1.54, 1.807) is 6.07 Å². The van der Waals surface area contributed by atoms with Gasteiger partial charge in [0.15, 0.2) is 5.82 Å². The number of anilines is 2. The van der Waals surface area contributed by atoms with Gasteiger partial charge in [-0.05, 0) is 30.3 Å². The summed E-state index contributed by atoms with van der Waals surface area (Å²) < 4.78 is 13.6. The van der Waals surface area contributed by atoms with Crippen molar-refractivity contribution in [3.8, 4) is 11.4 Å². The lowest BCUT2D eigenvalue weighted by Gasteiger charge is -2.21. The summed E-state index contributed by atoms with van der Waals surface area (Å²) in [4.78, 5) is 11.3. The largest absolute Gasteiger partial charge is 0.329 e. The van der Waals surface area contributed by atoms with E-state index in [9.17, 15) is 4.39 Å². The number of rotatable bonds is 3. The molecule has 0 spiro atoms. The average Bonchev–Trinajstić information content (AvgIpc) is 2.67. The van der Waals surface area contributed by atoms with E-state index >= 15 is 0 Å². The van der Waals surface area contributed by atoms with Gasteiger partial charge in [0.2, 0.25) is 0 Å². The first-order valence-electron chi connectivity index (χ1n) is 8.04. The van der Waals surface area contributed by atoms with Gasteiger partial charge in [0.05, 0.1) is 5.52 Å². The zero-order chi connectivity index (χ0) is 17.2. The number of halogens is 1. The Morgan fingerprint density at radius 2 is 1.56 bits per heavy atom. The van der Waals surface area contributed by atoms with Gasteiger partial charge in [-0.1, -0.05) is 48.5 Å². The number of aromatic nitrogens is 2. The molecule has 0 aliphatic rings. The van der Waals surface area contributed by atoms with Crippen molar-refractivity contribution in [1.29, 1.82) is 0 Å². The zero-order valence-electron chi connectivity index (χ0n) is 13.7. The minimum Gasteiger partial charge on any atom is -0.329 e. The predicted octanol–water partition coefficient (Wildman–Crippen LogP) is 5.20. The number of fused-ring (bicyclic) bond motifs is 1. The Balaban J connectivity index is 1.92. The smallest absolute Gasteiger partial charge is 0.162 e. The number of nitrogens with zero attached hydrogens (tertiary/aromatic N) is 3. The molecular formula is C21H16FN3. The standard InChI is InChI=1S/C21H16FN3/c1-25(17-11-7-10-16(22)14-17)21-18-12-5-6-13-19(18)23-20(24-21)15-8-3-2-4-9-15/h2-14H,1H3. The van der Waals surface area contributed by atoms with E-state index in [2.05, 4.69) is 4.98 Å². The molecule has 0 aliphatic carbocycles. The summed E-state index contributed by atoms with van der Waals surface area (Å²) in [6.07, 6.45) is 0. The molecule has 0 saturated heterocycles. The molecule has 4 aromatic rings. The lowest BCUT2D eigenvalue weighted by Crippen LogP contribution is -2.13. The molecule has 0 N–H and O–H groups in total. The highest BCUT2D eigenvalue weighted by molar-refractivity contribution is 5.92. The van der Waals surface area contributed by atoms with Gasteiger partial charge in [-0.2, -0.15) is 0 Å². The first-order valence-corrected chi connectivity index (χ1v) is 8.04. The van der Waals surface area contributed by atoms with E-state index in [4.69, 9.17) is 4.98 Å². The summed E-state index contributed by atoms with van der Waals surface area (Å²) in [5.74, 6) is 1.12. The van der Waals surface area contributed by atoms with Crippen molar-refractivity contribution in [3.05, 3.63) is 84.7 Å². The van der Waals surface area contributed by atoms with Crippen molar-refractivity contribution in [2.45, 2.75) is 0 Å². The molecule has 25 heavy (non-hydrogen) atoms. The van der Waals surface area contributed by atoms with Crippen molar-refractivity contribution in [1.82, 2.24) is 9.97 Å². The fourth-order valence-corrected chi connectivity index (χ4v) is 2.84. The van der Waals surface area contributed by atoms with E-state index in [0.717, 1.165) is 28.0 Å². The molecule has 0 fully saturated rings. The molecule has 0 aliphatic heterocycles. The minimum absolute atomic E-state index is 0.272. The van der Waals surface area contributed by atoms with Crippen LogP contribution in [-0.4, -0.2) is 17.0 Å². The second-order valence-corrected chi connectivity index (χ2v) is 5.79. The molecule has 0 radical (unpaired) electrons. The molecular weight excluding hydrogens is 313 g/mol. The van der Waals surface area contributed by atoms with Gasteiger partial charge in [-0.25, -0.2) is 14.4 Å². The van der Waals surface area contributed by atoms with Crippen molar-refractivity contribution < 1.29 is 4.39 Å². The lowest BCUT2D eigenvalue weighted by molar-refractivity contribution is 0.628. The number of hydrogen-bond donors (Lipinski definition) is 0. The molecule has 0 unspecified atom stereocenters. The van der Waals surface area contributed by atoms with E-state index in [1.807, 2.05) is 72.6 Å². The van der Waals surface area contributed by atoms with Crippen LogP contribution in [0.3, 0.4) is 0 Å². The van der Waals surface area contributed by atoms with Gasteiger partial charge in [0.1, 0.15) is 11.6 Å². The van der Waals surface area contributed by atoms with Crippen LogP contribution < -0.4 is 4.90 Å². The predicted molar refractivity (Wildman–Crippen MR) is 99.4 cm³/mol. The SMILES string of the molecule is CN(c1cccc(F)c1)c1nc(-c2ccccc2)nc2ccccc12. The van der Waals surface area contributed by atoms with Crippen LogP contribution in [0.4, 0.5) is 15.9 Å². The third-order valence-corrected chi connectivity index (χ3v) is 4.13. The Morgan fingerprint density at radius 3 is 2.36 bits per heavy atom. The Hall–Kier alpha value is -3.27. The van der Waals surface area contributed by atoms with Crippen LogP contribution in [0.2, 0.25) is 0 Å². The Morgan fingerprint density at radius 1 is 0.800 bits per heavy atom. The van der Waals surface area contributed by atoms with Crippen molar-refractivity contribution in [2.75, 3.05) is 11.9 Å². The topological polar surface area (TPSA) is 29.0 Å². The van der Waals surface area contributed by atoms with E-state index in [-0.39, 0.29) is 5.82 Å². The van der Waals surface area contributed by atoms with Crippen LogP contribution in [-0.2, 0) is 0 Å². The fourth-order valence-electron chi connectivity index (χ4n) is 2.84. The third-order valence-electron chi connectivity index (χ3n) is 4.13. The number of hydrogen-bond acceptors (Lipinski definition) is 3. The first-order chi connectivity index (χ1) is 12.2. The number of benzene rings is 3. The van der Waals surface area contributed by atoms with Crippen LogP contribution in [0.1, 0.15) is 0 Å².